The number of alkyl halides is 3. The van der Waals surface area contributed by atoms with Crippen molar-refractivity contribution in [3.63, 3.8) is 0 Å². The van der Waals surface area contributed by atoms with Crippen molar-refractivity contribution >= 4 is 8.32 Å². The normalized spacial score (nSPS) is 19.2. The first-order chi connectivity index (χ1) is 16.7. The molecule has 206 valence electrons. The van der Waals surface area contributed by atoms with Gasteiger partial charge in [-0.15, -0.1) is 0 Å². The predicted octanol–water partition coefficient (Wildman–Crippen LogP) is 8.79. The summed E-state index contributed by atoms with van der Waals surface area (Å²) in [7, 11) is -2.17. The summed E-state index contributed by atoms with van der Waals surface area (Å²) in [6, 6.07) is 2.62. The lowest BCUT2D eigenvalue weighted by atomic mass is 9.72. The van der Waals surface area contributed by atoms with Crippen molar-refractivity contribution in [1.29, 1.82) is 0 Å². The van der Waals surface area contributed by atoms with Crippen LogP contribution in [0.15, 0.2) is 18.2 Å². The Kier molecular flexibility index (Phi) is 7.85. The van der Waals surface area contributed by atoms with E-state index in [1.165, 1.54) is 0 Å². The third-order valence-electron chi connectivity index (χ3n) is 8.03. The molecule has 0 saturated carbocycles. The molecule has 0 spiro atoms. The van der Waals surface area contributed by atoms with Crippen molar-refractivity contribution < 1.29 is 27.1 Å². The topological polar surface area (TPSA) is 42.4 Å². The molecular weight excluding hydrogens is 498 g/mol. The molecule has 8 heteroatoms. The second kappa shape index (κ2) is 9.76. The summed E-state index contributed by atoms with van der Waals surface area (Å²) < 4.78 is 60.8. The Balaban J connectivity index is 2.21. The lowest BCUT2D eigenvalue weighted by molar-refractivity contribution is -0.140. The van der Waals surface area contributed by atoms with Crippen LogP contribution in [-0.2, 0) is 17.0 Å². The van der Waals surface area contributed by atoms with E-state index in [9.17, 15) is 22.7 Å². The molecule has 1 heterocycles. The zero-order valence-electron chi connectivity index (χ0n) is 23.7. The Morgan fingerprint density at radius 2 is 1.73 bits per heavy atom. The molecule has 0 bridgehead atoms. The number of pyridine rings is 1. The van der Waals surface area contributed by atoms with Crippen molar-refractivity contribution in [2.45, 2.75) is 111 Å². The van der Waals surface area contributed by atoms with E-state index in [4.69, 9.17) is 9.41 Å². The molecule has 3 nitrogen and oxygen atoms in total. The SMILES string of the molecule is Cc1c2c(nc(C(C)C)c1C(O)c1ccc(C(F)(F)F)c(F)c1)CC(C)(C)CC2O[Si](C)(C)C(C)(C)C. The molecule has 1 aromatic heterocycles. The maximum absolute atomic E-state index is 14.4. The zero-order valence-corrected chi connectivity index (χ0v) is 24.7. The van der Waals surface area contributed by atoms with Gasteiger partial charge in [0, 0.05) is 22.5 Å². The molecule has 0 saturated heterocycles. The van der Waals surface area contributed by atoms with Crippen LogP contribution in [0.2, 0.25) is 18.1 Å². The van der Waals surface area contributed by atoms with Gasteiger partial charge in [0.05, 0.1) is 11.7 Å². The molecule has 1 N–H and O–H groups in total. The minimum absolute atomic E-state index is 0.00589. The van der Waals surface area contributed by atoms with E-state index in [0.29, 0.717) is 17.3 Å². The number of halogens is 4. The Morgan fingerprint density at radius 1 is 1.14 bits per heavy atom. The fourth-order valence-electron chi connectivity index (χ4n) is 5.03. The average Bonchev–Trinajstić information content (AvgIpc) is 2.69. The van der Waals surface area contributed by atoms with Crippen LogP contribution >= 0.6 is 0 Å². The van der Waals surface area contributed by atoms with Gasteiger partial charge in [-0.25, -0.2) is 4.39 Å². The predicted molar refractivity (Wildman–Crippen MR) is 142 cm³/mol. The Morgan fingerprint density at radius 3 is 2.22 bits per heavy atom. The molecule has 0 amide bonds. The Bertz CT molecular complexity index is 1170. The number of hydrogen-bond acceptors (Lipinski definition) is 3. The molecule has 2 aromatic rings. The number of aromatic nitrogens is 1. The third-order valence-corrected chi connectivity index (χ3v) is 12.5. The summed E-state index contributed by atoms with van der Waals surface area (Å²) in [5.74, 6) is -1.46. The summed E-state index contributed by atoms with van der Waals surface area (Å²) >= 11 is 0. The number of benzene rings is 1. The standard InChI is InChI=1S/C29H41F4NO2Si/c1-16(2)25-24(26(35)18-11-12-19(20(30)13-18)29(31,32)33)17(3)23-21(34-25)14-28(7,8)15-22(23)36-37(9,10)27(4,5)6/h11-13,16,22,26,35H,14-15H2,1-10H3. The van der Waals surface area contributed by atoms with Crippen LogP contribution in [0.1, 0.15) is 112 Å². The van der Waals surface area contributed by atoms with Crippen LogP contribution in [0.4, 0.5) is 17.6 Å². The largest absolute Gasteiger partial charge is 0.419 e. The third kappa shape index (κ3) is 5.96. The maximum atomic E-state index is 14.4. The summed E-state index contributed by atoms with van der Waals surface area (Å²) in [5.41, 5.74) is 2.59. The van der Waals surface area contributed by atoms with Crippen molar-refractivity contribution in [3.05, 3.63) is 63.2 Å². The van der Waals surface area contributed by atoms with E-state index in [1.807, 2.05) is 20.8 Å². The molecule has 1 aliphatic carbocycles. The van der Waals surface area contributed by atoms with Crippen molar-refractivity contribution in [2.75, 3.05) is 0 Å². The summed E-state index contributed by atoms with van der Waals surface area (Å²) in [6.45, 7) is 21.3. The number of rotatable bonds is 5. The van der Waals surface area contributed by atoms with Gasteiger partial charge in [-0.05, 0) is 72.5 Å². The van der Waals surface area contributed by atoms with E-state index < -0.39 is 32.0 Å². The van der Waals surface area contributed by atoms with Gasteiger partial charge in [0.25, 0.3) is 0 Å². The quantitative estimate of drug-likeness (QED) is 0.305. The summed E-state index contributed by atoms with van der Waals surface area (Å²) in [4.78, 5) is 5.04. The van der Waals surface area contributed by atoms with E-state index in [1.54, 1.807) is 0 Å². The van der Waals surface area contributed by atoms with Crippen LogP contribution in [0.3, 0.4) is 0 Å². The number of hydrogen-bond donors (Lipinski definition) is 1. The summed E-state index contributed by atoms with van der Waals surface area (Å²) in [5, 5.41) is 11.4. The van der Waals surface area contributed by atoms with E-state index in [0.717, 1.165) is 41.8 Å². The minimum Gasteiger partial charge on any atom is -0.410 e. The number of aliphatic hydroxyl groups excluding tert-OH is 1. The van der Waals surface area contributed by atoms with Crippen LogP contribution in [0.5, 0.6) is 0 Å². The smallest absolute Gasteiger partial charge is 0.410 e. The highest BCUT2D eigenvalue weighted by Gasteiger charge is 2.44. The van der Waals surface area contributed by atoms with Gasteiger partial charge in [-0.3, -0.25) is 4.98 Å². The number of aliphatic hydroxyl groups is 1. The highest BCUT2D eigenvalue weighted by molar-refractivity contribution is 6.74. The lowest BCUT2D eigenvalue weighted by Crippen LogP contribution is -2.44. The first kappa shape index (κ1) is 29.8. The van der Waals surface area contributed by atoms with Gasteiger partial charge in [0.1, 0.15) is 11.9 Å². The molecule has 37 heavy (non-hydrogen) atoms. The van der Waals surface area contributed by atoms with Crippen molar-refractivity contribution in [3.8, 4) is 0 Å². The Labute approximate surface area is 219 Å². The van der Waals surface area contributed by atoms with E-state index in [-0.39, 0.29) is 28.0 Å². The maximum Gasteiger partial charge on any atom is 0.419 e. The van der Waals surface area contributed by atoms with Gasteiger partial charge >= 0.3 is 6.18 Å². The minimum atomic E-state index is -4.80. The average molecular weight is 540 g/mol. The first-order valence-electron chi connectivity index (χ1n) is 12.9. The second-order valence-corrected chi connectivity index (χ2v) is 17.9. The van der Waals surface area contributed by atoms with Gasteiger partial charge in [-0.1, -0.05) is 54.5 Å². The fraction of sp³-hybridized carbons (Fsp3) is 0.621. The monoisotopic (exact) mass is 539 g/mol. The molecule has 2 atom stereocenters. The van der Waals surface area contributed by atoms with Crippen molar-refractivity contribution in [2.24, 2.45) is 5.41 Å². The molecule has 1 aromatic carbocycles. The van der Waals surface area contributed by atoms with Crippen LogP contribution in [-0.4, -0.2) is 18.4 Å². The first-order valence-corrected chi connectivity index (χ1v) is 15.8. The Hall–Kier alpha value is -1.77. The second-order valence-electron chi connectivity index (χ2n) is 13.1. The molecule has 0 fully saturated rings. The zero-order chi connectivity index (χ0) is 28.3. The molecule has 0 radical (unpaired) electrons. The number of nitrogens with zero attached hydrogens (tertiary/aromatic N) is 1. The highest BCUT2D eigenvalue weighted by atomic mass is 28.4. The summed E-state index contributed by atoms with van der Waals surface area (Å²) in [6.07, 6.45) is -4.80. The molecule has 3 rings (SSSR count). The van der Waals surface area contributed by atoms with Crippen LogP contribution in [0, 0.1) is 18.2 Å². The number of fused-ring (bicyclic) bond motifs is 1. The van der Waals surface area contributed by atoms with Crippen LogP contribution in [0.25, 0.3) is 0 Å². The van der Waals surface area contributed by atoms with Crippen LogP contribution < -0.4 is 0 Å². The molecule has 0 aliphatic heterocycles. The molecule has 2 unspecified atom stereocenters. The van der Waals surface area contributed by atoms with Gasteiger partial charge < -0.3 is 9.53 Å². The van der Waals surface area contributed by atoms with E-state index in [2.05, 4.69) is 47.7 Å². The molecular formula is C29H41F4NO2Si. The van der Waals surface area contributed by atoms with Gasteiger partial charge in [0.15, 0.2) is 8.32 Å². The highest BCUT2D eigenvalue weighted by Crippen LogP contribution is 2.49. The van der Waals surface area contributed by atoms with Gasteiger partial charge in [0.2, 0.25) is 0 Å². The van der Waals surface area contributed by atoms with Crippen molar-refractivity contribution in [1.82, 2.24) is 4.98 Å². The lowest BCUT2D eigenvalue weighted by Gasteiger charge is -2.45. The van der Waals surface area contributed by atoms with E-state index >= 15 is 0 Å². The molecule has 1 aliphatic rings. The van der Waals surface area contributed by atoms with Gasteiger partial charge in [-0.2, -0.15) is 13.2 Å². The fourth-order valence-corrected chi connectivity index (χ4v) is 6.29.